The number of aromatic amines is 1. The van der Waals surface area contributed by atoms with Crippen LogP contribution in [0.3, 0.4) is 0 Å². The van der Waals surface area contributed by atoms with Crippen LogP contribution in [-0.4, -0.2) is 30.0 Å². The molecule has 0 saturated carbocycles. The van der Waals surface area contributed by atoms with E-state index in [0.717, 1.165) is 21.2 Å². The van der Waals surface area contributed by atoms with Gasteiger partial charge in [0, 0.05) is 16.8 Å². The second-order valence-electron chi connectivity index (χ2n) is 4.10. The van der Waals surface area contributed by atoms with Gasteiger partial charge in [-0.05, 0) is 30.3 Å². The van der Waals surface area contributed by atoms with E-state index >= 15 is 0 Å². The molecular formula is C12H7ClN6S. The first-order chi connectivity index (χ1) is 9.81. The lowest BCUT2D eigenvalue weighted by atomic mass is 10.2. The summed E-state index contributed by atoms with van der Waals surface area (Å²) in [6.07, 6.45) is 1.69. The summed E-state index contributed by atoms with van der Waals surface area (Å²) in [7, 11) is 0. The average Bonchev–Trinajstić information content (AvgIpc) is 3.15. The Morgan fingerprint density at radius 3 is 2.70 bits per heavy atom. The molecule has 0 fully saturated rings. The first-order valence-corrected chi connectivity index (χ1v) is 6.98. The maximum absolute atomic E-state index is 5.90. The van der Waals surface area contributed by atoms with Crippen molar-refractivity contribution in [3.8, 4) is 22.1 Å². The molecule has 1 N–H and O–H groups in total. The lowest BCUT2D eigenvalue weighted by Gasteiger charge is -1.96. The quantitative estimate of drug-likeness (QED) is 0.618. The van der Waals surface area contributed by atoms with Crippen molar-refractivity contribution in [2.75, 3.05) is 0 Å². The van der Waals surface area contributed by atoms with Gasteiger partial charge in [-0.3, -0.25) is 5.10 Å². The number of nitrogens with zero attached hydrogens (tertiary/aromatic N) is 5. The molecule has 0 aliphatic heterocycles. The largest absolute Gasteiger partial charge is 0.275 e. The topological polar surface area (TPSA) is 71.8 Å². The Morgan fingerprint density at radius 1 is 1.10 bits per heavy atom. The highest BCUT2D eigenvalue weighted by Gasteiger charge is 2.14. The van der Waals surface area contributed by atoms with E-state index in [0.29, 0.717) is 10.8 Å². The van der Waals surface area contributed by atoms with E-state index in [1.54, 1.807) is 10.7 Å². The number of halogens is 1. The molecule has 3 heterocycles. The Kier molecular flexibility index (Phi) is 2.54. The van der Waals surface area contributed by atoms with Gasteiger partial charge in [0.1, 0.15) is 0 Å². The Morgan fingerprint density at radius 2 is 1.95 bits per heavy atom. The summed E-state index contributed by atoms with van der Waals surface area (Å²) in [6.45, 7) is 0. The van der Waals surface area contributed by atoms with E-state index in [-0.39, 0.29) is 0 Å². The van der Waals surface area contributed by atoms with Crippen molar-refractivity contribution in [3.05, 3.63) is 41.6 Å². The second kappa shape index (κ2) is 4.39. The molecule has 4 rings (SSSR count). The molecular weight excluding hydrogens is 296 g/mol. The van der Waals surface area contributed by atoms with E-state index in [1.165, 1.54) is 11.3 Å². The number of hydrogen-bond acceptors (Lipinski definition) is 5. The van der Waals surface area contributed by atoms with Crippen molar-refractivity contribution < 1.29 is 0 Å². The first kappa shape index (κ1) is 11.6. The van der Waals surface area contributed by atoms with Crippen LogP contribution in [0.4, 0.5) is 0 Å². The number of rotatable bonds is 2. The monoisotopic (exact) mass is 302 g/mol. The van der Waals surface area contributed by atoms with Crippen molar-refractivity contribution in [1.82, 2.24) is 30.0 Å². The van der Waals surface area contributed by atoms with E-state index in [1.807, 2.05) is 30.3 Å². The highest BCUT2D eigenvalue weighted by Crippen LogP contribution is 2.27. The SMILES string of the molecule is Clc1ccc(-c2nnc3sc(-c4ccn[nH]4)nn23)cc1. The van der Waals surface area contributed by atoms with Crippen molar-refractivity contribution in [2.24, 2.45) is 0 Å². The van der Waals surface area contributed by atoms with Gasteiger partial charge in [-0.2, -0.15) is 14.7 Å². The van der Waals surface area contributed by atoms with Gasteiger partial charge in [0.25, 0.3) is 0 Å². The standard InChI is InChI=1S/C12H7ClN6S/c13-8-3-1-7(2-4-8)10-16-17-12-19(10)18-11(20-12)9-5-6-14-15-9/h1-6H,(H,14,15). The molecule has 0 aliphatic rings. The summed E-state index contributed by atoms with van der Waals surface area (Å²) >= 11 is 7.35. The summed E-state index contributed by atoms with van der Waals surface area (Å²) in [5.74, 6) is 0.693. The molecule has 1 aromatic carbocycles. The predicted octanol–water partition coefficient (Wildman–Crippen LogP) is 2.90. The van der Waals surface area contributed by atoms with Gasteiger partial charge in [-0.25, -0.2) is 0 Å². The van der Waals surface area contributed by atoms with Crippen LogP contribution >= 0.6 is 22.9 Å². The molecule has 8 heteroatoms. The lowest BCUT2D eigenvalue weighted by molar-refractivity contribution is 0.964. The van der Waals surface area contributed by atoms with Gasteiger partial charge in [0.15, 0.2) is 10.8 Å². The van der Waals surface area contributed by atoms with Crippen molar-refractivity contribution >= 4 is 27.9 Å². The number of benzene rings is 1. The third-order valence-corrected chi connectivity index (χ3v) is 4.01. The molecule has 6 nitrogen and oxygen atoms in total. The van der Waals surface area contributed by atoms with E-state index in [4.69, 9.17) is 11.6 Å². The van der Waals surface area contributed by atoms with Crippen molar-refractivity contribution in [1.29, 1.82) is 0 Å². The number of hydrogen-bond donors (Lipinski definition) is 1. The Hall–Kier alpha value is -2.25. The van der Waals surface area contributed by atoms with Crippen molar-refractivity contribution in [2.45, 2.75) is 0 Å². The summed E-state index contributed by atoms with van der Waals surface area (Å²) in [6, 6.07) is 9.30. The highest BCUT2D eigenvalue weighted by molar-refractivity contribution is 7.19. The van der Waals surface area contributed by atoms with Crippen LogP contribution in [0.2, 0.25) is 5.02 Å². The molecule has 0 spiro atoms. The maximum atomic E-state index is 5.90. The fraction of sp³-hybridized carbons (Fsp3) is 0. The normalized spacial score (nSPS) is 11.2. The summed E-state index contributed by atoms with van der Waals surface area (Å²) in [5, 5.41) is 21.2. The predicted molar refractivity (Wildman–Crippen MR) is 76.7 cm³/mol. The number of nitrogens with one attached hydrogen (secondary N) is 1. The number of fused-ring (bicyclic) bond motifs is 1. The summed E-state index contributed by atoms with van der Waals surface area (Å²) < 4.78 is 1.73. The van der Waals surface area contributed by atoms with Crippen molar-refractivity contribution in [3.63, 3.8) is 0 Å². The Labute approximate surface area is 122 Å². The van der Waals surface area contributed by atoms with E-state index < -0.39 is 0 Å². The van der Waals surface area contributed by atoms with Crippen LogP contribution in [-0.2, 0) is 0 Å². The van der Waals surface area contributed by atoms with Gasteiger partial charge >= 0.3 is 0 Å². The molecule has 0 atom stereocenters. The Bertz CT molecular complexity index is 861. The molecule has 0 aliphatic carbocycles. The molecule has 3 aromatic heterocycles. The molecule has 0 bridgehead atoms. The van der Waals surface area contributed by atoms with Crippen LogP contribution in [0, 0.1) is 0 Å². The second-order valence-corrected chi connectivity index (χ2v) is 5.49. The third-order valence-electron chi connectivity index (χ3n) is 2.82. The van der Waals surface area contributed by atoms with Crippen LogP contribution in [0.5, 0.6) is 0 Å². The Balaban J connectivity index is 1.86. The zero-order valence-electron chi connectivity index (χ0n) is 9.99. The minimum atomic E-state index is 0.686. The molecule has 4 aromatic rings. The third kappa shape index (κ3) is 1.79. The molecule has 98 valence electrons. The zero-order valence-corrected chi connectivity index (χ0v) is 11.6. The van der Waals surface area contributed by atoms with Gasteiger partial charge in [-0.1, -0.05) is 22.9 Å². The first-order valence-electron chi connectivity index (χ1n) is 5.79. The highest BCUT2D eigenvalue weighted by atomic mass is 35.5. The number of H-pyrrole nitrogens is 1. The zero-order chi connectivity index (χ0) is 13.5. The van der Waals surface area contributed by atoms with E-state index in [9.17, 15) is 0 Å². The number of aromatic nitrogens is 6. The van der Waals surface area contributed by atoms with Gasteiger partial charge in [0.2, 0.25) is 4.96 Å². The summed E-state index contributed by atoms with van der Waals surface area (Å²) in [5.41, 5.74) is 1.78. The fourth-order valence-corrected chi connectivity index (χ4v) is 2.82. The van der Waals surface area contributed by atoms with Crippen LogP contribution < -0.4 is 0 Å². The molecule has 20 heavy (non-hydrogen) atoms. The molecule has 0 amide bonds. The van der Waals surface area contributed by atoms with Gasteiger partial charge in [0.05, 0.1) is 5.69 Å². The molecule has 0 unspecified atom stereocenters. The maximum Gasteiger partial charge on any atom is 0.235 e. The van der Waals surface area contributed by atoms with Crippen LogP contribution in [0.15, 0.2) is 36.5 Å². The fourth-order valence-electron chi connectivity index (χ4n) is 1.88. The van der Waals surface area contributed by atoms with E-state index in [2.05, 4.69) is 25.5 Å². The molecule has 0 radical (unpaired) electrons. The average molecular weight is 303 g/mol. The molecule has 0 saturated heterocycles. The smallest absolute Gasteiger partial charge is 0.235 e. The van der Waals surface area contributed by atoms with Crippen LogP contribution in [0.1, 0.15) is 0 Å². The minimum absolute atomic E-state index is 0.686. The lowest BCUT2D eigenvalue weighted by Crippen LogP contribution is -1.90. The van der Waals surface area contributed by atoms with Gasteiger partial charge in [-0.15, -0.1) is 10.2 Å². The van der Waals surface area contributed by atoms with Crippen LogP contribution in [0.25, 0.3) is 27.1 Å². The summed E-state index contributed by atoms with van der Waals surface area (Å²) in [4.78, 5) is 0.736. The van der Waals surface area contributed by atoms with Gasteiger partial charge < -0.3 is 0 Å². The minimum Gasteiger partial charge on any atom is -0.275 e.